The van der Waals surface area contributed by atoms with Crippen molar-refractivity contribution in [1.29, 1.82) is 0 Å². The summed E-state index contributed by atoms with van der Waals surface area (Å²) in [5.41, 5.74) is 3.69. The molecule has 1 aliphatic rings. The van der Waals surface area contributed by atoms with Gasteiger partial charge in [-0.05, 0) is 18.2 Å². The Morgan fingerprint density at radius 3 is 2.78 bits per heavy atom. The minimum Gasteiger partial charge on any atom is -0.497 e. The van der Waals surface area contributed by atoms with Crippen molar-refractivity contribution in [3.63, 3.8) is 0 Å². The highest BCUT2D eigenvalue weighted by atomic mass is 16.5. The molecule has 8 nitrogen and oxygen atoms in total. The summed E-state index contributed by atoms with van der Waals surface area (Å²) in [6.07, 6.45) is 7.00. The number of carbonyl (C=O) groups excluding carboxylic acids is 1. The standard InChI is InChI=1S/C24H27N5O3/c1-28(20-4-3-5-21(12-20)31-2)9-8-24(30)29-10-11-32-23(16-29)22-7-6-18(15-27-22)19-13-25-17-26-14-19/h3-7,12-15,17,23H,8-11,16H2,1-2H3/t23-/m0/s1. The predicted molar refractivity (Wildman–Crippen MR) is 121 cm³/mol. The van der Waals surface area contributed by atoms with E-state index in [0.717, 1.165) is 28.3 Å². The molecule has 3 heterocycles. The molecule has 0 N–H and O–H groups in total. The molecule has 0 spiro atoms. The Morgan fingerprint density at radius 2 is 2.03 bits per heavy atom. The number of ether oxygens (including phenoxy) is 2. The zero-order chi connectivity index (χ0) is 22.3. The van der Waals surface area contributed by atoms with E-state index in [-0.39, 0.29) is 12.0 Å². The van der Waals surface area contributed by atoms with Gasteiger partial charge in [0.25, 0.3) is 0 Å². The molecule has 8 heteroatoms. The molecule has 1 fully saturated rings. The van der Waals surface area contributed by atoms with Gasteiger partial charge in [0.2, 0.25) is 5.91 Å². The number of pyridine rings is 1. The van der Waals surface area contributed by atoms with Crippen LogP contribution in [0.25, 0.3) is 11.1 Å². The van der Waals surface area contributed by atoms with Crippen LogP contribution in [0.3, 0.4) is 0 Å². The first-order valence-electron chi connectivity index (χ1n) is 10.6. The number of carbonyl (C=O) groups is 1. The number of anilines is 1. The normalized spacial score (nSPS) is 15.9. The van der Waals surface area contributed by atoms with Crippen LogP contribution in [-0.4, -0.2) is 66.2 Å². The maximum Gasteiger partial charge on any atom is 0.224 e. The molecule has 0 saturated carbocycles. The van der Waals surface area contributed by atoms with Gasteiger partial charge in [0.05, 0.1) is 26.0 Å². The van der Waals surface area contributed by atoms with Gasteiger partial charge in [-0.1, -0.05) is 12.1 Å². The predicted octanol–water partition coefficient (Wildman–Crippen LogP) is 2.97. The highest BCUT2D eigenvalue weighted by molar-refractivity contribution is 5.77. The Balaban J connectivity index is 1.33. The Morgan fingerprint density at radius 1 is 1.19 bits per heavy atom. The molecule has 32 heavy (non-hydrogen) atoms. The van der Waals surface area contributed by atoms with E-state index in [0.29, 0.717) is 32.7 Å². The quantitative estimate of drug-likeness (QED) is 0.567. The lowest BCUT2D eigenvalue weighted by molar-refractivity contribution is -0.138. The summed E-state index contributed by atoms with van der Waals surface area (Å²) in [5.74, 6) is 0.918. The minimum absolute atomic E-state index is 0.117. The van der Waals surface area contributed by atoms with Crippen LogP contribution in [-0.2, 0) is 9.53 Å². The van der Waals surface area contributed by atoms with E-state index in [1.165, 1.54) is 6.33 Å². The summed E-state index contributed by atoms with van der Waals surface area (Å²) in [4.78, 5) is 29.4. The number of nitrogens with zero attached hydrogens (tertiary/aromatic N) is 5. The van der Waals surface area contributed by atoms with Crippen molar-refractivity contribution in [2.45, 2.75) is 12.5 Å². The Kier molecular flexibility index (Phi) is 6.91. The fraction of sp³-hybridized carbons (Fsp3) is 0.333. The first kappa shape index (κ1) is 21.7. The van der Waals surface area contributed by atoms with Gasteiger partial charge in [-0.3, -0.25) is 9.78 Å². The van der Waals surface area contributed by atoms with Crippen molar-refractivity contribution in [3.8, 4) is 16.9 Å². The number of hydrogen-bond donors (Lipinski definition) is 0. The highest BCUT2D eigenvalue weighted by Gasteiger charge is 2.26. The molecular formula is C24H27N5O3. The van der Waals surface area contributed by atoms with E-state index in [9.17, 15) is 4.79 Å². The molecule has 1 amide bonds. The average Bonchev–Trinajstić information content (AvgIpc) is 2.87. The van der Waals surface area contributed by atoms with Crippen molar-refractivity contribution in [3.05, 3.63) is 67.0 Å². The molecular weight excluding hydrogens is 406 g/mol. The smallest absolute Gasteiger partial charge is 0.224 e. The number of rotatable bonds is 7. The second-order valence-electron chi connectivity index (χ2n) is 7.67. The molecule has 0 unspecified atom stereocenters. The van der Waals surface area contributed by atoms with E-state index in [1.807, 2.05) is 48.3 Å². The Hall–Kier alpha value is -3.52. The maximum atomic E-state index is 12.9. The van der Waals surface area contributed by atoms with Crippen LogP contribution in [0.5, 0.6) is 5.75 Å². The topological polar surface area (TPSA) is 80.7 Å². The lowest BCUT2D eigenvalue weighted by Crippen LogP contribution is -2.43. The molecule has 166 valence electrons. The van der Waals surface area contributed by atoms with Crippen molar-refractivity contribution >= 4 is 11.6 Å². The van der Waals surface area contributed by atoms with Gasteiger partial charge in [-0.2, -0.15) is 0 Å². The number of methoxy groups -OCH3 is 1. The lowest BCUT2D eigenvalue weighted by atomic mass is 10.1. The van der Waals surface area contributed by atoms with Crippen molar-refractivity contribution in [1.82, 2.24) is 19.9 Å². The van der Waals surface area contributed by atoms with E-state index in [1.54, 1.807) is 25.7 Å². The van der Waals surface area contributed by atoms with E-state index in [4.69, 9.17) is 9.47 Å². The molecule has 2 aromatic heterocycles. The number of morpholine rings is 1. The average molecular weight is 434 g/mol. The summed E-state index contributed by atoms with van der Waals surface area (Å²) < 4.78 is 11.2. The van der Waals surface area contributed by atoms with Crippen molar-refractivity contribution < 1.29 is 14.3 Å². The monoisotopic (exact) mass is 433 g/mol. The van der Waals surface area contributed by atoms with Crippen molar-refractivity contribution in [2.24, 2.45) is 0 Å². The Labute approximate surface area is 187 Å². The molecule has 1 saturated heterocycles. The van der Waals surface area contributed by atoms with Gasteiger partial charge < -0.3 is 19.3 Å². The molecule has 4 rings (SSSR count). The fourth-order valence-electron chi connectivity index (χ4n) is 3.67. The third-order valence-corrected chi connectivity index (χ3v) is 5.58. The number of amides is 1. The largest absolute Gasteiger partial charge is 0.497 e. The second-order valence-corrected chi connectivity index (χ2v) is 7.67. The molecule has 1 aromatic carbocycles. The molecule has 1 atom stereocenters. The summed E-state index contributed by atoms with van der Waals surface area (Å²) in [6, 6.07) is 11.7. The van der Waals surface area contributed by atoms with E-state index >= 15 is 0 Å². The van der Waals surface area contributed by atoms with Gasteiger partial charge in [0.15, 0.2) is 0 Å². The molecule has 0 radical (unpaired) electrons. The van der Waals surface area contributed by atoms with Crippen LogP contribution in [0.15, 0.2) is 61.3 Å². The number of aromatic nitrogens is 3. The molecule has 0 bridgehead atoms. The van der Waals surface area contributed by atoms with Gasteiger partial charge in [-0.25, -0.2) is 9.97 Å². The van der Waals surface area contributed by atoms with Crippen LogP contribution < -0.4 is 9.64 Å². The Bertz CT molecular complexity index is 1030. The SMILES string of the molecule is COc1cccc(N(C)CCC(=O)N2CCO[C@H](c3ccc(-c4cncnc4)cn3)C2)c1. The third kappa shape index (κ3) is 5.20. The fourth-order valence-corrected chi connectivity index (χ4v) is 3.67. The summed E-state index contributed by atoms with van der Waals surface area (Å²) in [5, 5.41) is 0. The van der Waals surface area contributed by atoms with Gasteiger partial charge in [0.1, 0.15) is 18.2 Å². The minimum atomic E-state index is -0.232. The molecule has 1 aliphatic heterocycles. The molecule has 0 aliphatic carbocycles. The van der Waals surface area contributed by atoms with Gasteiger partial charge >= 0.3 is 0 Å². The molecule has 3 aromatic rings. The van der Waals surface area contributed by atoms with Crippen LogP contribution >= 0.6 is 0 Å². The summed E-state index contributed by atoms with van der Waals surface area (Å²) >= 11 is 0. The maximum absolute atomic E-state index is 12.9. The van der Waals surface area contributed by atoms with Crippen LogP contribution in [0, 0.1) is 0 Å². The summed E-state index contributed by atoms with van der Waals surface area (Å²) in [7, 11) is 3.63. The van der Waals surface area contributed by atoms with E-state index in [2.05, 4.69) is 19.9 Å². The first-order valence-corrected chi connectivity index (χ1v) is 10.6. The van der Waals surface area contributed by atoms with E-state index < -0.39 is 0 Å². The van der Waals surface area contributed by atoms with Gasteiger partial charge in [0, 0.05) is 68.0 Å². The van der Waals surface area contributed by atoms with Crippen LogP contribution in [0.4, 0.5) is 5.69 Å². The first-order chi connectivity index (χ1) is 15.6. The van der Waals surface area contributed by atoms with Crippen LogP contribution in [0.2, 0.25) is 0 Å². The number of hydrogen-bond acceptors (Lipinski definition) is 7. The number of benzene rings is 1. The second kappa shape index (κ2) is 10.2. The lowest BCUT2D eigenvalue weighted by Gasteiger charge is -2.33. The van der Waals surface area contributed by atoms with Crippen LogP contribution in [0.1, 0.15) is 18.2 Å². The van der Waals surface area contributed by atoms with Gasteiger partial charge in [-0.15, -0.1) is 0 Å². The zero-order valence-corrected chi connectivity index (χ0v) is 18.3. The summed E-state index contributed by atoms with van der Waals surface area (Å²) in [6.45, 7) is 2.22. The highest BCUT2D eigenvalue weighted by Crippen LogP contribution is 2.24. The zero-order valence-electron chi connectivity index (χ0n) is 18.3. The van der Waals surface area contributed by atoms with Crippen molar-refractivity contribution in [2.75, 3.05) is 45.3 Å². The third-order valence-electron chi connectivity index (χ3n) is 5.58.